The quantitative estimate of drug-likeness (QED) is 0.382. The molecule has 14 heavy (non-hydrogen) atoms. The molecule has 2 atom stereocenters. The number of amides is 1. The van der Waals surface area contributed by atoms with Crippen molar-refractivity contribution in [3.05, 3.63) is 10.4 Å². The zero-order chi connectivity index (χ0) is 10.7. The van der Waals surface area contributed by atoms with E-state index in [2.05, 4.69) is 10.0 Å². The number of azide groups is 1. The van der Waals surface area contributed by atoms with Gasteiger partial charge in [-0.1, -0.05) is 5.11 Å². The molecule has 8 heteroatoms. The van der Waals surface area contributed by atoms with Gasteiger partial charge in [0, 0.05) is 11.5 Å². The van der Waals surface area contributed by atoms with Crippen molar-refractivity contribution in [1.29, 1.82) is 0 Å². The van der Waals surface area contributed by atoms with Crippen LogP contribution in [0, 0.1) is 0 Å². The van der Waals surface area contributed by atoms with Gasteiger partial charge in [0.25, 0.3) is 0 Å². The minimum absolute atomic E-state index is 0.0334. The lowest BCUT2D eigenvalue weighted by Gasteiger charge is -2.16. The van der Waals surface area contributed by atoms with Crippen molar-refractivity contribution < 1.29 is 19.8 Å². The Labute approximate surface area is 78.4 Å². The average molecular weight is 200 g/mol. The molecule has 8 nitrogen and oxygen atoms in total. The summed E-state index contributed by atoms with van der Waals surface area (Å²) in [5.74, 6) is -1.22. The van der Waals surface area contributed by atoms with E-state index in [1.54, 1.807) is 0 Å². The second kappa shape index (κ2) is 3.84. The van der Waals surface area contributed by atoms with Crippen LogP contribution < -0.4 is 0 Å². The van der Waals surface area contributed by atoms with Crippen molar-refractivity contribution in [3.63, 3.8) is 0 Å². The van der Waals surface area contributed by atoms with Gasteiger partial charge in [0.15, 0.2) is 0 Å². The molecule has 0 aromatic heterocycles. The third-order valence-electron chi connectivity index (χ3n) is 2.02. The van der Waals surface area contributed by atoms with Crippen LogP contribution in [0.5, 0.6) is 0 Å². The molecular weight excluding hydrogens is 192 g/mol. The summed E-state index contributed by atoms with van der Waals surface area (Å²) in [6, 6.07) is -1.69. The first-order valence-electron chi connectivity index (χ1n) is 3.83. The Morgan fingerprint density at radius 2 is 2.14 bits per heavy atom. The highest BCUT2D eigenvalue weighted by Gasteiger charge is 2.39. The molecule has 1 unspecified atom stereocenters. The number of hydrogen-bond acceptors (Lipinski definition) is 3. The number of rotatable bonds is 2. The second-order valence-corrected chi connectivity index (χ2v) is 2.88. The third kappa shape index (κ3) is 1.86. The molecule has 1 saturated heterocycles. The molecule has 0 radical (unpaired) electrons. The number of carbonyl (C=O) groups is 2. The Morgan fingerprint density at radius 1 is 1.50 bits per heavy atom. The van der Waals surface area contributed by atoms with Gasteiger partial charge >= 0.3 is 12.1 Å². The van der Waals surface area contributed by atoms with E-state index in [4.69, 9.17) is 15.7 Å². The van der Waals surface area contributed by atoms with Crippen molar-refractivity contribution in [3.8, 4) is 0 Å². The van der Waals surface area contributed by atoms with Gasteiger partial charge in [-0.05, 0) is 12.0 Å². The van der Waals surface area contributed by atoms with Gasteiger partial charge in [-0.2, -0.15) is 0 Å². The summed E-state index contributed by atoms with van der Waals surface area (Å²) in [5, 5.41) is 20.6. The standard InChI is InChI=1S/C6H8N4O4/c7-9-8-3-1-4(5(11)12)10(2-3)6(13)14/h3-4H,1-2H2,(H,11,12)(H,13,14)/t3?,4-/m0/s1. The summed E-state index contributed by atoms with van der Waals surface area (Å²) in [4.78, 5) is 24.5. The molecule has 0 saturated carbocycles. The Hall–Kier alpha value is -1.95. The predicted octanol–water partition coefficient (Wildman–Crippen LogP) is 0.502. The van der Waals surface area contributed by atoms with Gasteiger partial charge < -0.3 is 10.2 Å². The van der Waals surface area contributed by atoms with Crippen LogP contribution in [0.15, 0.2) is 5.11 Å². The lowest BCUT2D eigenvalue weighted by Crippen LogP contribution is -2.39. The van der Waals surface area contributed by atoms with Gasteiger partial charge in [0.1, 0.15) is 6.04 Å². The van der Waals surface area contributed by atoms with E-state index in [0.717, 1.165) is 4.90 Å². The fourth-order valence-corrected chi connectivity index (χ4v) is 1.42. The van der Waals surface area contributed by atoms with Crippen molar-refractivity contribution in [1.82, 2.24) is 4.90 Å². The first-order valence-corrected chi connectivity index (χ1v) is 3.83. The van der Waals surface area contributed by atoms with Crippen molar-refractivity contribution >= 4 is 12.1 Å². The number of carboxylic acid groups (broad SMARTS) is 2. The zero-order valence-electron chi connectivity index (χ0n) is 7.07. The maximum absolute atomic E-state index is 10.6. The molecule has 1 rings (SSSR count). The van der Waals surface area contributed by atoms with Crippen molar-refractivity contribution in [2.45, 2.75) is 18.5 Å². The first kappa shape index (κ1) is 10.1. The number of aliphatic carboxylic acids is 1. The second-order valence-electron chi connectivity index (χ2n) is 2.88. The molecule has 1 aliphatic heterocycles. The van der Waals surface area contributed by atoms with Crippen LogP contribution in [-0.2, 0) is 4.79 Å². The molecule has 0 aromatic carbocycles. The number of hydrogen-bond donors (Lipinski definition) is 2. The first-order chi connectivity index (χ1) is 6.56. The van der Waals surface area contributed by atoms with Gasteiger partial charge in [-0.15, -0.1) is 0 Å². The Balaban J connectivity index is 2.79. The fourth-order valence-electron chi connectivity index (χ4n) is 1.42. The highest BCUT2D eigenvalue weighted by Crippen LogP contribution is 2.20. The highest BCUT2D eigenvalue weighted by atomic mass is 16.4. The van der Waals surface area contributed by atoms with E-state index in [9.17, 15) is 9.59 Å². The van der Waals surface area contributed by atoms with Gasteiger partial charge in [-0.3, -0.25) is 4.90 Å². The summed E-state index contributed by atoms with van der Waals surface area (Å²) < 4.78 is 0. The summed E-state index contributed by atoms with van der Waals surface area (Å²) in [6.45, 7) is -0.0592. The minimum Gasteiger partial charge on any atom is -0.480 e. The average Bonchev–Trinajstić information content (AvgIpc) is 2.49. The maximum Gasteiger partial charge on any atom is 0.408 e. The topological polar surface area (TPSA) is 127 Å². The highest BCUT2D eigenvalue weighted by molar-refractivity contribution is 5.80. The summed E-state index contributed by atoms with van der Waals surface area (Å²) in [5.41, 5.74) is 8.12. The smallest absolute Gasteiger partial charge is 0.408 e. The van der Waals surface area contributed by atoms with Crippen LogP contribution in [-0.4, -0.2) is 45.8 Å². The van der Waals surface area contributed by atoms with Crippen LogP contribution in [0.25, 0.3) is 10.4 Å². The SMILES string of the molecule is [N-]=[N+]=NC1C[C@@H](C(=O)O)N(C(=O)O)C1. The van der Waals surface area contributed by atoms with Crippen LogP contribution in [0.4, 0.5) is 4.79 Å². The lowest BCUT2D eigenvalue weighted by molar-refractivity contribution is -0.141. The van der Waals surface area contributed by atoms with Gasteiger partial charge in [0.05, 0.1) is 6.04 Å². The van der Waals surface area contributed by atoms with E-state index < -0.39 is 24.1 Å². The van der Waals surface area contributed by atoms with Crippen LogP contribution >= 0.6 is 0 Å². The maximum atomic E-state index is 10.6. The summed E-state index contributed by atoms with van der Waals surface area (Å²) in [7, 11) is 0. The van der Waals surface area contributed by atoms with E-state index in [-0.39, 0.29) is 13.0 Å². The molecular formula is C6H8N4O4. The molecule has 0 spiro atoms. The Morgan fingerprint density at radius 3 is 2.50 bits per heavy atom. The van der Waals surface area contributed by atoms with Crippen molar-refractivity contribution in [2.24, 2.45) is 5.11 Å². The molecule has 1 fully saturated rings. The Bertz CT molecular complexity index is 289. The summed E-state index contributed by atoms with van der Waals surface area (Å²) >= 11 is 0. The molecule has 0 aliphatic carbocycles. The van der Waals surface area contributed by atoms with Crippen LogP contribution in [0.3, 0.4) is 0 Å². The monoisotopic (exact) mass is 200 g/mol. The minimum atomic E-state index is -1.31. The molecule has 76 valence electrons. The summed E-state index contributed by atoms with van der Waals surface area (Å²) in [6.07, 6.45) is -1.28. The van der Waals surface area contributed by atoms with Crippen LogP contribution in [0.2, 0.25) is 0 Å². The molecule has 1 aliphatic rings. The molecule has 2 N–H and O–H groups in total. The molecule has 0 bridgehead atoms. The zero-order valence-corrected chi connectivity index (χ0v) is 7.07. The number of likely N-dealkylation sites (tertiary alicyclic amines) is 1. The number of nitrogens with zero attached hydrogens (tertiary/aromatic N) is 4. The lowest BCUT2D eigenvalue weighted by atomic mass is 10.2. The Kier molecular flexibility index (Phi) is 2.78. The van der Waals surface area contributed by atoms with E-state index in [1.165, 1.54) is 0 Å². The number of carboxylic acids is 1. The van der Waals surface area contributed by atoms with E-state index >= 15 is 0 Å². The normalized spacial score (nSPS) is 25.6. The molecule has 1 heterocycles. The van der Waals surface area contributed by atoms with Gasteiger partial charge in [-0.25, -0.2) is 9.59 Å². The molecule has 1 amide bonds. The van der Waals surface area contributed by atoms with Crippen molar-refractivity contribution in [2.75, 3.05) is 6.54 Å². The predicted molar refractivity (Wildman–Crippen MR) is 43.7 cm³/mol. The van der Waals surface area contributed by atoms with Gasteiger partial charge in [0.2, 0.25) is 0 Å². The van der Waals surface area contributed by atoms with Crippen LogP contribution in [0.1, 0.15) is 6.42 Å². The van der Waals surface area contributed by atoms with E-state index in [0.29, 0.717) is 0 Å². The largest absolute Gasteiger partial charge is 0.480 e. The fraction of sp³-hybridized carbons (Fsp3) is 0.667. The van der Waals surface area contributed by atoms with E-state index in [1.807, 2.05) is 0 Å². The third-order valence-corrected chi connectivity index (χ3v) is 2.02. The molecule has 0 aromatic rings.